The van der Waals surface area contributed by atoms with E-state index in [0.717, 1.165) is 109 Å². The van der Waals surface area contributed by atoms with Crippen molar-refractivity contribution >= 4 is 25.7 Å². The average Bonchev–Trinajstić information content (AvgIpc) is 3.29. The molecule has 0 aromatic rings. The highest BCUT2D eigenvalue weighted by molar-refractivity contribution is 7.45. The fourth-order valence-electron chi connectivity index (χ4n) is 7.61. The minimum atomic E-state index is -4.79. The number of nitrogens with one attached hydrogen (secondary N) is 1. The number of hydrogen-bond acceptors (Lipinski definition) is 10. The van der Waals surface area contributed by atoms with Gasteiger partial charge in [-0.2, -0.15) is 0 Å². The maximum absolute atomic E-state index is 12.8. The molecule has 12 heteroatoms. The minimum Gasteiger partial charge on any atom is -0.756 e. The lowest BCUT2D eigenvalue weighted by Gasteiger charge is -2.25. The zero-order chi connectivity index (χ0) is 47.6. The van der Waals surface area contributed by atoms with Crippen molar-refractivity contribution in [1.29, 1.82) is 0 Å². The SMILES string of the molecule is CCCCCCCC/C=C\CCCCCCCC(=O)OC[C@H](COP(=O)([O-])OCCNC(=O)CCCCCCCCCCCN)OC(=O)CCCCCCC/C=C\CCCCCCCC. The predicted octanol–water partition coefficient (Wildman–Crippen LogP) is 14.0. The molecule has 0 saturated carbocycles. The number of amides is 1. The molecule has 0 aromatic carbocycles. The van der Waals surface area contributed by atoms with E-state index in [0.29, 0.717) is 19.3 Å². The molecule has 382 valence electrons. The fraction of sp³-hybridized carbons (Fsp3) is 0.868. The Morgan fingerprint density at radius 1 is 0.508 bits per heavy atom. The highest BCUT2D eigenvalue weighted by Crippen LogP contribution is 2.38. The zero-order valence-corrected chi connectivity index (χ0v) is 42.9. The van der Waals surface area contributed by atoms with Gasteiger partial charge in [0.2, 0.25) is 5.91 Å². The molecule has 0 fully saturated rings. The van der Waals surface area contributed by atoms with Crippen LogP contribution < -0.4 is 15.9 Å². The van der Waals surface area contributed by atoms with Gasteiger partial charge < -0.3 is 34.5 Å². The van der Waals surface area contributed by atoms with Crippen LogP contribution in [-0.2, 0) is 37.5 Å². The molecule has 0 spiro atoms. The van der Waals surface area contributed by atoms with E-state index in [1.54, 1.807) is 0 Å². The zero-order valence-electron chi connectivity index (χ0n) is 42.0. The Morgan fingerprint density at radius 3 is 1.34 bits per heavy atom. The van der Waals surface area contributed by atoms with Gasteiger partial charge in [0.25, 0.3) is 7.82 Å². The monoisotopic (exact) mass is 940 g/mol. The van der Waals surface area contributed by atoms with E-state index < -0.39 is 32.5 Å². The summed E-state index contributed by atoms with van der Waals surface area (Å²) in [5.41, 5.74) is 5.54. The second-order valence-electron chi connectivity index (χ2n) is 18.1. The summed E-state index contributed by atoms with van der Waals surface area (Å²) in [6, 6.07) is 0. The number of carbonyl (C=O) groups is 3. The number of nitrogens with two attached hydrogens (primary N) is 1. The van der Waals surface area contributed by atoms with Crippen molar-refractivity contribution in [2.45, 2.75) is 264 Å². The van der Waals surface area contributed by atoms with Gasteiger partial charge >= 0.3 is 11.9 Å². The van der Waals surface area contributed by atoms with Crippen LogP contribution in [0.25, 0.3) is 0 Å². The van der Waals surface area contributed by atoms with Gasteiger partial charge in [-0.15, -0.1) is 0 Å². The van der Waals surface area contributed by atoms with Crippen LogP contribution in [0.1, 0.15) is 258 Å². The molecule has 0 aliphatic carbocycles. The van der Waals surface area contributed by atoms with Gasteiger partial charge in [-0.05, 0) is 83.6 Å². The van der Waals surface area contributed by atoms with E-state index in [2.05, 4.69) is 43.5 Å². The second-order valence-corrected chi connectivity index (χ2v) is 19.5. The molecule has 0 saturated heterocycles. The largest absolute Gasteiger partial charge is 0.756 e. The Labute approximate surface area is 399 Å². The van der Waals surface area contributed by atoms with Crippen LogP contribution in [0.15, 0.2) is 24.3 Å². The van der Waals surface area contributed by atoms with E-state index in [4.69, 9.17) is 24.3 Å². The smallest absolute Gasteiger partial charge is 0.306 e. The number of rotatable bonds is 51. The average molecular weight is 940 g/mol. The normalized spacial score (nSPS) is 13.1. The highest BCUT2D eigenvalue weighted by atomic mass is 31.2. The first-order valence-corrected chi connectivity index (χ1v) is 28.4. The van der Waals surface area contributed by atoms with Crippen LogP contribution in [-0.4, -0.2) is 56.9 Å². The van der Waals surface area contributed by atoms with E-state index >= 15 is 0 Å². The number of carbonyl (C=O) groups excluding carboxylic acids is 3. The number of esters is 2. The second kappa shape index (κ2) is 49.9. The van der Waals surface area contributed by atoms with Crippen molar-refractivity contribution in [2.75, 3.05) is 32.9 Å². The summed E-state index contributed by atoms with van der Waals surface area (Å²) in [7, 11) is -4.79. The summed E-state index contributed by atoms with van der Waals surface area (Å²) >= 11 is 0. The minimum absolute atomic E-state index is 0.0135. The summed E-state index contributed by atoms with van der Waals surface area (Å²) in [6.07, 6.45) is 48.9. The van der Waals surface area contributed by atoms with Crippen LogP contribution in [0.2, 0.25) is 0 Å². The van der Waals surface area contributed by atoms with E-state index in [1.165, 1.54) is 109 Å². The van der Waals surface area contributed by atoms with Crippen molar-refractivity contribution in [1.82, 2.24) is 5.32 Å². The molecule has 11 nitrogen and oxygen atoms in total. The Morgan fingerprint density at radius 2 is 0.892 bits per heavy atom. The quantitative estimate of drug-likeness (QED) is 0.0259. The molecule has 0 rings (SSSR count). The molecule has 3 N–H and O–H groups in total. The molecule has 0 aliphatic rings. The summed E-state index contributed by atoms with van der Waals surface area (Å²) in [4.78, 5) is 50.2. The number of unbranched alkanes of at least 4 members (excludes halogenated alkanes) is 30. The number of hydrogen-bond donors (Lipinski definition) is 2. The van der Waals surface area contributed by atoms with Gasteiger partial charge in [0.05, 0.1) is 13.2 Å². The fourth-order valence-corrected chi connectivity index (χ4v) is 8.35. The standard InChI is InChI=1S/C53H101N2O9P/c1-3-5-7-9-11-13-15-17-19-21-23-27-31-35-39-43-52(57)61-48-50(64-53(58)44-40-36-32-28-24-22-20-18-16-14-12-10-8-6-4-2)49-63-65(59,60)62-47-46-55-51(56)42-38-34-30-26-25-29-33-37-41-45-54/h17-20,50H,3-16,21-49,54H2,1-2H3,(H,55,56)(H,59,60)/p-1/b19-17-,20-18-/t50-/m1/s1. The van der Waals surface area contributed by atoms with E-state index in [1.807, 2.05) is 0 Å². The number of allylic oxidation sites excluding steroid dienone is 4. The molecule has 0 bridgehead atoms. The van der Waals surface area contributed by atoms with Crippen molar-refractivity contribution in [3.05, 3.63) is 24.3 Å². The highest BCUT2D eigenvalue weighted by Gasteiger charge is 2.21. The third-order valence-corrected chi connectivity index (χ3v) is 12.7. The molecular formula is C53H100N2O9P-. The van der Waals surface area contributed by atoms with Crippen LogP contribution in [0.3, 0.4) is 0 Å². The van der Waals surface area contributed by atoms with Gasteiger partial charge in [-0.3, -0.25) is 18.9 Å². The molecule has 1 amide bonds. The van der Waals surface area contributed by atoms with Crippen LogP contribution in [0, 0.1) is 0 Å². The maximum atomic E-state index is 12.8. The molecular weight excluding hydrogens is 840 g/mol. The summed E-state index contributed by atoms with van der Waals surface area (Å²) in [6.45, 7) is 4.12. The van der Waals surface area contributed by atoms with Crippen molar-refractivity contribution in [3.8, 4) is 0 Å². The first kappa shape index (κ1) is 63.0. The van der Waals surface area contributed by atoms with Gasteiger partial charge in [-0.1, -0.05) is 186 Å². The lowest BCUT2D eigenvalue weighted by Crippen LogP contribution is -2.31. The number of phosphoric ester groups is 1. The Kier molecular flexibility index (Phi) is 48.3. The van der Waals surface area contributed by atoms with E-state index in [-0.39, 0.29) is 38.5 Å². The lowest BCUT2D eigenvalue weighted by atomic mass is 10.1. The molecule has 0 heterocycles. The first-order chi connectivity index (χ1) is 31.7. The van der Waals surface area contributed by atoms with Crippen molar-refractivity contribution in [2.24, 2.45) is 5.73 Å². The topological polar surface area (TPSA) is 166 Å². The Bertz CT molecular complexity index is 1180. The third-order valence-electron chi connectivity index (χ3n) is 11.7. The molecule has 1 unspecified atom stereocenters. The maximum Gasteiger partial charge on any atom is 0.306 e. The Hall–Kier alpha value is -2.04. The van der Waals surface area contributed by atoms with Crippen molar-refractivity contribution < 1.29 is 42.4 Å². The summed E-state index contributed by atoms with van der Waals surface area (Å²) in [5.74, 6) is -1.07. The molecule has 0 aliphatic heterocycles. The predicted molar refractivity (Wildman–Crippen MR) is 267 cm³/mol. The van der Waals surface area contributed by atoms with Gasteiger partial charge in [0.1, 0.15) is 6.61 Å². The van der Waals surface area contributed by atoms with Gasteiger partial charge in [0, 0.05) is 25.8 Å². The van der Waals surface area contributed by atoms with E-state index in [9.17, 15) is 23.8 Å². The molecule has 65 heavy (non-hydrogen) atoms. The summed E-state index contributed by atoms with van der Waals surface area (Å²) < 4.78 is 33.6. The van der Waals surface area contributed by atoms with Crippen LogP contribution in [0.5, 0.6) is 0 Å². The Balaban J connectivity index is 4.55. The van der Waals surface area contributed by atoms with Gasteiger partial charge in [-0.25, -0.2) is 0 Å². The van der Waals surface area contributed by atoms with Gasteiger partial charge in [0.15, 0.2) is 6.10 Å². The molecule has 0 radical (unpaired) electrons. The van der Waals surface area contributed by atoms with Crippen LogP contribution >= 0.6 is 7.82 Å². The van der Waals surface area contributed by atoms with Crippen molar-refractivity contribution in [3.63, 3.8) is 0 Å². The molecule has 0 aromatic heterocycles. The number of ether oxygens (including phenoxy) is 2. The number of phosphoric acid groups is 1. The van der Waals surface area contributed by atoms with Crippen LogP contribution in [0.4, 0.5) is 0 Å². The third kappa shape index (κ3) is 49.7. The first-order valence-electron chi connectivity index (χ1n) is 27.0. The molecule has 2 atom stereocenters. The summed E-state index contributed by atoms with van der Waals surface area (Å²) in [5, 5.41) is 2.69. The lowest BCUT2D eigenvalue weighted by molar-refractivity contribution is -0.228.